The van der Waals surface area contributed by atoms with Crippen LogP contribution in [0.1, 0.15) is 56.1 Å². The van der Waals surface area contributed by atoms with Crippen molar-refractivity contribution >= 4 is 17.1 Å². The Morgan fingerprint density at radius 3 is 2.79 bits per heavy atom. The Morgan fingerprint density at radius 1 is 1.32 bits per heavy atom. The molecule has 0 aromatic carbocycles. The van der Waals surface area contributed by atoms with Crippen LogP contribution >= 0.6 is 0 Å². The molecule has 8 nitrogen and oxygen atoms in total. The van der Waals surface area contributed by atoms with E-state index in [2.05, 4.69) is 27.0 Å². The summed E-state index contributed by atoms with van der Waals surface area (Å²) in [5.74, 6) is -1.33. The average molecular weight is 533 g/mol. The van der Waals surface area contributed by atoms with Crippen molar-refractivity contribution in [1.82, 2.24) is 30.0 Å². The molecule has 4 rings (SSSR count). The van der Waals surface area contributed by atoms with E-state index in [9.17, 15) is 22.4 Å². The van der Waals surface area contributed by atoms with Crippen LogP contribution in [0.4, 0.5) is 17.6 Å². The summed E-state index contributed by atoms with van der Waals surface area (Å²) < 4.78 is 61.2. The van der Waals surface area contributed by atoms with Crippen LogP contribution in [0.25, 0.3) is 11.1 Å². The van der Waals surface area contributed by atoms with Gasteiger partial charge in [0.15, 0.2) is 5.82 Å². The van der Waals surface area contributed by atoms with Crippen molar-refractivity contribution in [1.29, 1.82) is 0 Å². The number of alkyl halides is 3. The monoisotopic (exact) mass is 532 g/mol. The van der Waals surface area contributed by atoms with Crippen LogP contribution in [-0.4, -0.2) is 54.7 Å². The lowest BCUT2D eigenvalue weighted by molar-refractivity contribution is -0.166. The van der Waals surface area contributed by atoms with Crippen molar-refractivity contribution in [2.24, 2.45) is 5.92 Å². The summed E-state index contributed by atoms with van der Waals surface area (Å²) in [7, 11) is 0. The lowest BCUT2D eigenvalue weighted by Crippen LogP contribution is -2.49. The highest BCUT2D eigenvalue weighted by molar-refractivity contribution is 5.81. The average Bonchev–Trinajstić information content (AvgIpc) is 3.49. The van der Waals surface area contributed by atoms with E-state index in [1.165, 1.54) is 22.9 Å². The van der Waals surface area contributed by atoms with Crippen molar-refractivity contribution in [3.8, 4) is 0 Å². The van der Waals surface area contributed by atoms with Crippen molar-refractivity contribution < 1.29 is 26.9 Å². The molecule has 1 aliphatic carbocycles. The summed E-state index contributed by atoms with van der Waals surface area (Å²) in [6, 6.07) is -2.05. The van der Waals surface area contributed by atoms with E-state index < -0.39 is 42.5 Å². The Morgan fingerprint density at radius 2 is 2.11 bits per heavy atom. The first-order valence-electron chi connectivity index (χ1n) is 12.3. The maximum atomic E-state index is 14.6. The Kier molecular flexibility index (Phi) is 8.08. The van der Waals surface area contributed by atoms with Crippen LogP contribution in [-0.2, 0) is 4.79 Å². The quantitative estimate of drug-likeness (QED) is 0.327. The lowest BCUT2D eigenvalue weighted by atomic mass is 9.89. The third-order valence-electron chi connectivity index (χ3n) is 6.43. The zero-order chi connectivity index (χ0) is 27.4. The van der Waals surface area contributed by atoms with Gasteiger partial charge in [-0.3, -0.25) is 4.79 Å². The second-order valence-electron chi connectivity index (χ2n) is 9.21. The Hall–Kier alpha value is -3.83. The largest absolute Gasteiger partial charge is 0.406 e. The molecule has 3 heterocycles. The minimum Gasteiger partial charge on any atom is -0.334 e. The fraction of sp³-hybridized carbons (Fsp3) is 0.423. The highest BCUT2D eigenvalue weighted by atomic mass is 19.4. The molecule has 1 amide bonds. The van der Waals surface area contributed by atoms with Crippen molar-refractivity contribution in [2.75, 3.05) is 6.54 Å². The number of carbonyl (C=O) groups excluding carboxylic acids is 1. The summed E-state index contributed by atoms with van der Waals surface area (Å²) in [6.45, 7) is 6.09. The van der Waals surface area contributed by atoms with E-state index in [0.717, 1.165) is 5.57 Å². The Labute approximate surface area is 217 Å². The molecule has 0 N–H and O–H groups in total. The first-order valence-corrected chi connectivity index (χ1v) is 12.3. The molecule has 0 radical (unpaired) electrons. The van der Waals surface area contributed by atoms with Crippen LogP contribution < -0.4 is 0 Å². The molecular weight excluding hydrogens is 504 g/mol. The molecule has 12 heteroatoms. The third-order valence-corrected chi connectivity index (χ3v) is 6.43. The fourth-order valence-electron chi connectivity index (χ4n) is 4.68. The predicted octanol–water partition coefficient (Wildman–Crippen LogP) is 5.56. The van der Waals surface area contributed by atoms with Gasteiger partial charge in [0, 0.05) is 11.5 Å². The SMILES string of the molecule is C=C(C=CCC(=CCC)c1cn(C2CCC3C(F)=CC=CC3N(CC(F)(F)F)C2=O)nn1)c1nc(C)no1. The molecule has 0 spiro atoms. The number of fused-ring (bicyclic) bond motifs is 1. The van der Waals surface area contributed by atoms with Crippen LogP contribution in [0.5, 0.6) is 0 Å². The van der Waals surface area contributed by atoms with E-state index in [1.54, 1.807) is 19.2 Å². The smallest absolute Gasteiger partial charge is 0.334 e. The van der Waals surface area contributed by atoms with Gasteiger partial charge < -0.3 is 9.42 Å². The van der Waals surface area contributed by atoms with Gasteiger partial charge in [0.25, 0.3) is 5.89 Å². The standard InChI is InChI=1S/C26H28F4N6O2/c1-4-7-18(9-5-8-16(2)24-31-17(3)33-38-24)21-14-36(34-32-21)23-13-12-19-20(27)10-6-11-22(19)35(25(23)37)15-26(28,29)30/h5-8,10-11,14,19,22-23H,2,4,9,12-13,15H2,1,3H3. The number of aromatic nitrogens is 5. The van der Waals surface area contributed by atoms with E-state index >= 15 is 0 Å². The molecule has 2 aliphatic rings. The number of likely N-dealkylation sites (tertiary alicyclic amines) is 1. The molecule has 2 aromatic rings. The van der Waals surface area contributed by atoms with Crippen molar-refractivity contribution in [3.05, 3.63) is 72.5 Å². The maximum Gasteiger partial charge on any atom is 0.406 e. The van der Waals surface area contributed by atoms with Gasteiger partial charge in [0.1, 0.15) is 24.1 Å². The first kappa shape index (κ1) is 27.2. The number of carbonyl (C=O) groups is 1. The second kappa shape index (κ2) is 11.3. The zero-order valence-electron chi connectivity index (χ0n) is 21.0. The van der Waals surface area contributed by atoms with Gasteiger partial charge in [-0.05, 0) is 44.3 Å². The van der Waals surface area contributed by atoms with Crippen LogP contribution in [0, 0.1) is 12.8 Å². The molecule has 1 fully saturated rings. The van der Waals surface area contributed by atoms with E-state index in [1.807, 2.05) is 19.1 Å². The predicted molar refractivity (Wildman–Crippen MR) is 132 cm³/mol. The zero-order valence-corrected chi connectivity index (χ0v) is 21.0. The van der Waals surface area contributed by atoms with E-state index in [-0.39, 0.29) is 12.8 Å². The lowest BCUT2D eigenvalue weighted by Gasteiger charge is -2.35. The van der Waals surface area contributed by atoms with Gasteiger partial charge in [-0.15, -0.1) is 5.10 Å². The first-order chi connectivity index (χ1) is 18.1. The minimum atomic E-state index is -4.64. The molecule has 0 bridgehead atoms. The van der Waals surface area contributed by atoms with Crippen LogP contribution in [0.15, 0.2) is 59.6 Å². The summed E-state index contributed by atoms with van der Waals surface area (Å²) in [6.07, 6.45) is 7.94. The van der Waals surface area contributed by atoms with Crippen LogP contribution in [0.2, 0.25) is 0 Å². The second-order valence-corrected chi connectivity index (χ2v) is 9.21. The normalized spacial score (nSPS) is 22.5. The molecule has 3 atom stereocenters. The number of amides is 1. The topological polar surface area (TPSA) is 89.9 Å². The number of hydrogen-bond donors (Lipinski definition) is 0. The number of hydrogen-bond acceptors (Lipinski definition) is 6. The van der Waals surface area contributed by atoms with Gasteiger partial charge in [0.2, 0.25) is 5.91 Å². The summed E-state index contributed by atoms with van der Waals surface area (Å²) in [5, 5.41) is 12.0. The van der Waals surface area contributed by atoms with E-state index in [0.29, 0.717) is 40.7 Å². The van der Waals surface area contributed by atoms with Gasteiger partial charge in [-0.1, -0.05) is 54.3 Å². The van der Waals surface area contributed by atoms with Crippen molar-refractivity contribution in [3.63, 3.8) is 0 Å². The number of allylic oxidation sites excluding steroid dienone is 7. The molecule has 202 valence electrons. The molecule has 3 unspecified atom stereocenters. The van der Waals surface area contributed by atoms with Crippen molar-refractivity contribution in [2.45, 2.75) is 57.8 Å². The van der Waals surface area contributed by atoms with Crippen LogP contribution in [0.3, 0.4) is 0 Å². The number of halogens is 4. The van der Waals surface area contributed by atoms with Gasteiger partial charge in [-0.2, -0.15) is 18.2 Å². The highest BCUT2D eigenvalue weighted by Gasteiger charge is 2.45. The fourth-order valence-corrected chi connectivity index (χ4v) is 4.68. The van der Waals surface area contributed by atoms with Gasteiger partial charge in [0.05, 0.1) is 12.2 Å². The Balaban J connectivity index is 1.55. The number of nitrogens with zero attached hydrogens (tertiary/aromatic N) is 6. The minimum absolute atomic E-state index is 0.127. The summed E-state index contributed by atoms with van der Waals surface area (Å²) >= 11 is 0. The van der Waals surface area contributed by atoms with Gasteiger partial charge >= 0.3 is 6.18 Å². The molecular formula is C26H28F4N6O2. The summed E-state index contributed by atoms with van der Waals surface area (Å²) in [5.41, 5.74) is 1.83. The Bertz CT molecular complexity index is 1300. The maximum absolute atomic E-state index is 14.6. The number of aryl methyl sites for hydroxylation is 1. The van der Waals surface area contributed by atoms with E-state index in [4.69, 9.17) is 4.52 Å². The molecule has 0 saturated carbocycles. The third kappa shape index (κ3) is 6.17. The molecule has 1 aliphatic heterocycles. The highest BCUT2D eigenvalue weighted by Crippen LogP contribution is 2.38. The number of rotatable bonds is 8. The molecule has 1 saturated heterocycles. The molecule has 38 heavy (non-hydrogen) atoms. The van der Waals surface area contributed by atoms with Gasteiger partial charge in [-0.25, -0.2) is 9.07 Å². The summed E-state index contributed by atoms with van der Waals surface area (Å²) in [4.78, 5) is 18.2. The molecule has 2 aromatic heterocycles.